The quantitative estimate of drug-likeness (QED) is 0.412. The molecule has 3 heterocycles. The van der Waals surface area contributed by atoms with Crippen LogP contribution >= 0.6 is 0 Å². The molecule has 0 bridgehead atoms. The first-order valence-corrected chi connectivity index (χ1v) is 12.3. The highest BCUT2D eigenvalue weighted by atomic mass is 16.5. The van der Waals surface area contributed by atoms with Crippen LogP contribution in [0.3, 0.4) is 0 Å². The summed E-state index contributed by atoms with van der Waals surface area (Å²) in [5, 5.41) is 4.79. The first-order valence-electron chi connectivity index (χ1n) is 12.3. The van der Waals surface area contributed by atoms with Crippen molar-refractivity contribution in [3.63, 3.8) is 0 Å². The van der Waals surface area contributed by atoms with E-state index in [1.807, 2.05) is 59.7 Å². The molecule has 0 aliphatic carbocycles. The monoisotopic (exact) mass is 469 g/mol. The largest absolute Gasteiger partial charge is 0.492 e. The SMILES string of the molecule is CCOc1ccccc1N1CCN(C(=O)c2cnc3c(-c4ccccc4)c(C)nn3c2CC)CC1. The normalized spacial score (nSPS) is 13.9. The predicted octanol–water partition coefficient (Wildman–Crippen LogP) is 4.63. The van der Waals surface area contributed by atoms with E-state index in [2.05, 4.69) is 30.0 Å². The highest BCUT2D eigenvalue weighted by molar-refractivity contribution is 5.96. The van der Waals surface area contributed by atoms with Crippen LogP contribution in [0.25, 0.3) is 16.8 Å². The molecule has 35 heavy (non-hydrogen) atoms. The van der Waals surface area contributed by atoms with Crippen molar-refractivity contribution in [3.8, 4) is 16.9 Å². The van der Waals surface area contributed by atoms with Gasteiger partial charge < -0.3 is 14.5 Å². The lowest BCUT2D eigenvalue weighted by atomic mass is 10.1. The molecule has 1 aliphatic rings. The zero-order chi connectivity index (χ0) is 24.4. The minimum absolute atomic E-state index is 0.0170. The van der Waals surface area contributed by atoms with E-state index in [1.54, 1.807) is 6.20 Å². The van der Waals surface area contributed by atoms with Gasteiger partial charge in [0.05, 0.1) is 29.2 Å². The smallest absolute Gasteiger partial charge is 0.257 e. The van der Waals surface area contributed by atoms with Crippen LogP contribution in [-0.4, -0.2) is 58.2 Å². The van der Waals surface area contributed by atoms with Crippen LogP contribution in [0.15, 0.2) is 60.8 Å². The van der Waals surface area contributed by atoms with E-state index in [4.69, 9.17) is 14.8 Å². The van der Waals surface area contributed by atoms with E-state index in [9.17, 15) is 4.79 Å². The maximum atomic E-state index is 13.6. The summed E-state index contributed by atoms with van der Waals surface area (Å²) >= 11 is 0. The van der Waals surface area contributed by atoms with Gasteiger partial charge in [-0.3, -0.25) is 4.79 Å². The standard InChI is InChI=1S/C28H31N5O2/c1-4-23-22(19-29-27-26(20(3)30-33(23)27)21-11-7-6-8-12-21)28(34)32-17-15-31(16-18-32)24-13-9-10-14-25(24)35-5-2/h6-14,19H,4-5,15-18H2,1-3H3. The van der Waals surface area contributed by atoms with E-state index in [0.717, 1.165) is 52.7 Å². The van der Waals surface area contributed by atoms with Crippen LogP contribution in [0, 0.1) is 6.92 Å². The van der Waals surface area contributed by atoms with E-state index in [-0.39, 0.29) is 5.91 Å². The Labute approximate surface area is 206 Å². The second kappa shape index (κ2) is 9.78. The van der Waals surface area contributed by atoms with Crippen molar-refractivity contribution in [1.29, 1.82) is 0 Å². The van der Waals surface area contributed by atoms with Gasteiger partial charge in [-0.25, -0.2) is 9.50 Å². The predicted molar refractivity (Wildman–Crippen MR) is 138 cm³/mol. The topological polar surface area (TPSA) is 63.0 Å². The molecular formula is C28H31N5O2. The van der Waals surface area contributed by atoms with Crippen LogP contribution in [0.5, 0.6) is 5.75 Å². The van der Waals surface area contributed by atoms with Gasteiger partial charge in [0, 0.05) is 37.9 Å². The molecule has 0 spiro atoms. The third-order valence-electron chi connectivity index (χ3n) is 6.62. The Bertz CT molecular complexity index is 1340. The van der Waals surface area contributed by atoms with Gasteiger partial charge >= 0.3 is 0 Å². The number of anilines is 1. The molecule has 1 saturated heterocycles. The number of fused-ring (bicyclic) bond motifs is 1. The van der Waals surface area contributed by atoms with E-state index in [0.29, 0.717) is 31.7 Å². The van der Waals surface area contributed by atoms with Crippen molar-refractivity contribution in [2.75, 3.05) is 37.7 Å². The molecule has 0 N–H and O–H groups in total. The summed E-state index contributed by atoms with van der Waals surface area (Å²) in [6.45, 7) is 9.49. The first-order chi connectivity index (χ1) is 17.1. The van der Waals surface area contributed by atoms with Crippen molar-refractivity contribution in [2.45, 2.75) is 27.2 Å². The molecule has 180 valence electrons. The molecule has 5 rings (SSSR count). The lowest BCUT2D eigenvalue weighted by Crippen LogP contribution is -2.49. The fraction of sp³-hybridized carbons (Fsp3) is 0.321. The second-order valence-corrected chi connectivity index (χ2v) is 8.71. The molecule has 1 fully saturated rings. The van der Waals surface area contributed by atoms with Crippen molar-refractivity contribution >= 4 is 17.2 Å². The van der Waals surface area contributed by atoms with Crippen LogP contribution in [-0.2, 0) is 6.42 Å². The maximum Gasteiger partial charge on any atom is 0.257 e. The molecule has 0 radical (unpaired) electrons. The number of hydrogen-bond donors (Lipinski definition) is 0. The Morgan fingerprint density at radius 3 is 2.40 bits per heavy atom. The number of aryl methyl sites for hydroxylation is 2. The lowest BCUT2D eigenvalue weighted by molar-refractivity contribution is 0.0744. The van der Waals surface area contributed by atoms with Gasteiger partial charge in [-0.05, 0) is 38.0 Å². The van der Waals surface area contributed by atoms with Gasteiger partial charge in [0.15, 0.2) is 5.65 Å². The number of piperazine rings is 1. The van der Waals surface area contributed by atoms with Gasteiger partial charge in [-0.15, -0.1) is 0 Å². The van der Waals surface area contributed by atoms with Crippen molar-refractivity contribution in [2.24, 2.45) is 0 Å². The van der Waals surface area contributed by atoms with Crippen molar-refractivity contribution < 1.29 is 9.53 Å². The zero-order valence-electron chi connectivity index (χ0n) is 20.6. The van der Waals surface area contributed by atoms with E-state index in [1.165, 1.54) is 0 Å². The number of para-hydroxylation sites is 2. The summed E-state index contributed by atoms with van der Waals surface area (Å²) in [7, 11) is 0. The number of nitrogens with zero attached hydrogens (tertiary/aromatic N) is 5. The van der Waals surface area contributed by atoms with Crippen LogP contribution in [0.2, 0.25) is 0 Å². The number of aromatic nitrogens is 3. The number of rotatable bonds is 6. The fourth-order valence-corrected chi connectivity index (χ4v) is 4.92. The van der Waals surface area contributed by atoms with Crippen molar-refractivity contribution in [1.82, 2.24) is 19.5 Å². The second-order valence-electron chi connectivity index (χ2n) is 8.71. The van der Waals surface area contributed by atoms with Gasteiger partial charge in [0.25, 0.3) is 5.91 Å². The molecule has 1 amide bonds. The maximum absolute atomic E-state index is 13.6. The van der Waals surface area contributed by atoms with Gasteiger partial charge in [0.2, 0.25) is 0 Å². The fourth-order valence-electron chi connectivity index (χ4n) is 4.92. The molecule has 2 aromatic carbocycles. The summed E-state index contributed by atoms with van der Waals surface area (Å²) in [6.07, 6.45) is 2.43. The Hall–Kier alpha value is -3.87. The van der Waals surface area contributed by atoms with E-state index >= 15 is 0 Å². The summed E-state index contributed by atoms with van der Waals surface area (Å²) in [5.74, 6) is 0.907. The average molecular weight is 470 g/mol. The number of benzene rings is 2. The third kappa shape index (κ3) is 4.22. The Morgan fingerprint density at radius 2 is 1.69 bits per heavy atom. The molecule has 0 unspecified atom stereocenters. The molecular weight excluding hydrogens is 438 g/mol. The molecule has 1 aliphatic heterocycles. The van der Waals surface area contributed by atoms with Gasteiger partial charge in [-0.2, -0.15) is 5.10 Å². The molecule has 0 saturated carbocycles. The highest BCUT2D eigenvalue weighted by Crippen LogP contribution is 2.30. The van der Waals surface area contributed by atoms with E-state index < -0.39 is 0 Å². The van der Waals surface area contributed by atoms with Gasteiger partial charge in [0.1, 0.15) is 5.75 Å². The summed E-state index contributed by atoms with van der Waals surface area (Å²) in [5.41, 5.74) is 6.40. The Balaban J connectivity index is 1.40. The zero-order valence-corrected chi connectivity index (χ0v) is 20.6. The minimum Gasteiger partial charge on any atom is -0.492 e. The van der Waals surface area contributed by atoms with Crippen molar-refractivity contribution in [3.05, 3.63) is 77.7 Å². The number of amides is 1. The highest BCUT2D eigenvalue weighted by Gasteiger charge is 2.27. The lowest BCUT2D eigenvalue weighted by Gasteiger charge is -2.36. The molecule has 7 heteroatoms. The summed E-state index contributed by atoms with van der Waals surface area (Å²) in [6, 6.07) is 18.3. The van der Waals surface area contributed by atoms with Crippen LogP contribution in [0.4, 0.5) is 5.69 Å². The Kier molecular flexibility index (Phi) is 6.40. The number of carbonyl (C=O) groups is 1. The molecule has 7 nitrogen and oxygen atoms in total. The molecule has 2 aromatic heterocycles. The molecule has 0 atom stereocenters. The van der Waals surface area contributed by atoms with Crippen LogP contribution < -0.4 is 9.64 Å². The molecule has 4 aromatic rings. The number of ether oxygens (including phenoxy) is 1. The number of hydrogen-bond acceptors (Lipinski definition) is 5. The summed E-state index contributed by atoms with van der Waals surface area (Å²) in [4.78, 5) is 22.5. The number of carbonyl (C=O) groups excluding carboxylic acids is 1. The Morgan fingerprint density at radius 1 is 0.971 bits per heavy atom. The minimum atomic E-state index is 0.0170. The van der Waals surface area contributed by atoms with Crippen LogP contribution in [0.1, 0.15) is 35.6 Å². The van der Waals surface area contributed by atoms with Gasteiger partial charge in [-0.1, -0.05) is 49.4 Å². The first kappa shape index (κ1) is 22.9. The summed E-state index contributed by atoms with van der Waals surface area (Å²) < 4.78 is 7.67. The average Bonchev–Trinajstić information content (AvgIpc) is 3.24. The third-order valence-corrected chi connectivity index (χ3v) is 6.62.